The molecule has 0 fully saturated rings. The minimum absolute atomic E-state index is 0.358. The molecule has 1 aliphatic heterocycles. The number of nitriles is 1. The van der Waals surface area contributed by atoms with Crippen molar-refractivity contribution in [2.75, 3.05) is 0 Å². The number of nitrogens with one attached hydrogen (secondary N) is 1. The van der Waals surface area contributed by atoms with Crippen LogP contribution in [0.3, 0.4) is 0 Å². The Kier molecular flexibility index (Phi) is 3.53. The number of rotatable bonds is 3. The lowest BCUT2D eigenvalue weighted by molar-refractivity contribution is 0.0880. The van der Waals surface area contributed by atoms with Gasteiger partial charge < -0.3 is 4.57 Å². The number of nitrogens with zero attached hydrogens (tertiary/aromatic N) is 2. The molecule has 0 aliphatic carbocycles. The molecular weight excluding hydrogens is 350 g/mol. The topological polar surface area (TPSA) is 74.9 Å². The zero-order valence-electron chi connectivity index (χ0n) is 14.9. The summed E-state index contributed by atoms with van der Waals surface area (Å²) < 4.78 is 2.07. The summed E-state index contributed by atoms with van der Waals surface area (Å²) in [4.78, 5) is 25.4. The third kappa shape index (κ3) is 2.18. The summed E-state index contributed by atoms with van der Waals surface area (Å²) in [6.45, 7) is 0.517. The SMILES string of the molecule is N#CCCn1c2ccccc2c2c3c(c(-c4ccccc4)cc21)C(=O)NC3=O. The predicted octanol–water partition coefficient (Wildman–Crippen LogP) is 4.26. The molecule has 3 aromatic carbocycles. The normalized spacial score (nSPS) is 13.0. The van der Waals surface area contributed by atoms with E-state index in [0.717, 1.165) is 32.9 Å². The second-order valence-corrected chi connectivity index (χ2v) is 6.79. The van der Waals surface area contributed by atoms with Crippen LogP contribution < -0.4 is 5.32 Å². The van der Waals surface area contributed by atoms with Crippen LogP contribution in [0.4, 0.5) is 0 Å². The molecule has 4 aromatic rings. The van der Waals surface area contributed by atoms with Crippen molar-refractivity contribution in [1.82, 2.24) is 9.88 Å². The van der Waals surface area contributed by atoms with Gasteiger partial charge in [0.15, 0.2) is 0 Å². The summed E-state index contributed by atoms with van der Waals surface area (Å²) in [6, 6.07) is 21.6. The fourth-order valence-corrected chi connectivity index (χ4v) is 4.14. The molecule has 5 nitrogen and oxygen atoms in total. The summed E-state index contributed by atoms with van der Waals surface area (Å²) in [7, 11) is 0. The molecule has 5 heteroatoms. The van der Waals surface area contributed by atoms with E-state index in [9.17, 15) is 9.59 Å². The minimum Gasteiger partial charge on any atom is -0.339 e. The molecule has 1 N–H and O–H groups in total. The first-order chi connectivity index (χ1) is 13.7. The average Bonchev–Trinajstić information content (AvgIpc) is 3.20. The lowest BCUT2D eigenvalue weighted by atomic mass is 9.93. The smallest absolute Gasteiger partial charge is 0.259 e. The number of amides is 2. The summed E-state index contributed by atoms with van der Waals surface area (Å²) in [5.41, 5.74) is 4.27. The summed E-state index contributed by atoms with van der Waals surface area (Å²) in [5.74, 6) is -0.736. The van der Waals surface area contributed by atoms with Gasteiger partial charge in [-0.15, -0.1) is 0 Å². The van der Waals surface area contributed by atoms with Crippen LogP contribution in [0.5, 0.6) is 0 Å². The molecule has 0 spiro atoms. The summed E-state index contributed by atoms with van der Waals surface area (Å²) in [5, 5.41) is 13.2. The standard InChI is InChI=1S/C23H15N3O2/c24-11-6-12-26-17-10-5-4-9-15(17)19-18(26)13-16(14-7-2-1-3-8-14)20-21(19)23(28)25-22(20)27/h1-5,7-10,13H,6,12H2,(H,25,27,28). The van der Waals surface area contributed by atoms with Crippen molar-refractivity contribution in [2.45, 2.75) is 13.0 Å². The van der Waals surface area contributed by atoms with Gasteiger partial charge in [-0.25, -0.2) is 0 Å². The van der Waals surface area contributed by atoms with Crippen molar-refractivity contribution in [3.8, 4) is 17.2 Å². The fourth-order valence-electron chi connectivity index (χ4n) is 4.14. The number of imide groups is 1. The number of fused-ring (bicyclic) bond motifs is 5. The molecule has 2 heterocycles. The molecule has 2 amide bonds. The maximum atomic E-state index is 12.7. The molecular formula is C23H15N3O2. The lowest BCUT2D eigenvalue weighted by Gasteiger charge is -2.10. The first kappa shape index (κ1) is 16.3. The molecule has 28 heavy (non-hydrogen) atoms. The van der Waals surface area contributed by atoms with Crippen molar-refractivity contribution < 1.29 is 9.59 Å². The van der Waals surface area contributed by atoms with Crippen LogP contribution in [0.15, 0.2) is 60.7 Å². The summed E-state index contributed by atoms with van der Waals surface area (Å²) in [6.07, 6.45) is 0.358. The largest absolute Gasteiger partial charge is 0.339 e. The Hall–Kier alpha value is -3.91. The van der Waals surface area contributed by atoms with Crippen LogP contribution in [0, 0.1) is 11.3 Å². The van der Waals surface area contributed by atoms with Gasteiger partial charge in [-0.05, 0) is 23.3 Å². The van der Waals surface area contributed by atoms with E-state index >= 15 is 0 Å². The summed E-state index contributed by atoms with van der Waals surface area (Å²) >= 11 is 0. The van der Waals surface area contributed by atoms with Gasteiger partial charge in [0, 0.05) is 22.8 Å². The quantitative estimate of drug-likeness (QED) is 0.551. The van der Waals surface area contributed by atoms with Crippen molar-refractivity contribution >= 4 is 33.6 Å². The van der Waals surface area contributed by atoms with Gasteiger partial charge in [0.25, 0.3) is 11.8 Å². The molecule has 0 bridgehead atoms. The number of benzene rings is 3. The zero-order chi connectivity index (χ0) is 19.3. The van der Waals surface area contributed by atoms with E-state index in [1.165, 1.54) is 0 Å². The van der Waals surface area contributed by atoms with Gasteiger partial charge in [-0.3, -0.25) is 14.9 Å². The van der Waals surface area contributed by atoms with Gasteiger partial charge in [0.1, 0.15) is 0 Å². The Bertz CT molecular complexity index is 1330. The Balaban J connectivity index is 1.98. The van der Waals surface area contributed by atoms with Crippen LogP contribution in [-0.4, -0.2) is 16.4 Å². The maximum Gasteiger partial charge on any atom is 0.259 e. The molecule has 5 rings (SSSR count). The van der Waals surface area contributed by atoms with Gasteiger partial charge in [0.05, 0.1) is 29.1 Å². The first-order valence-electron chi connectivity index (χ1n) is 9.06. The van der Waals surface area contributed by atoms with Gasteiger partial charge >= 0.3 is 0 Å². The number of carbonyl (C=O) groups is 2. The van der Waals surface area contributed by atoms with Gasteiger partial charge in [-0.1, -0.05) is 48.5 Å². The van der Waals surface area contributed by atoms with Crippen molar-refractivity contribution in [3.63, 3.8) is 0 Å². The van der Waals surface area contributed by atoms with Crippen LogP contribution in [-0.2, 0) is 6.54 Å². The third-order valence-corrected chi connectivity index (χ3v) is 5.27. The molecule has 0 saturated heterocycles. The van der Waals surface area contributed by atoms with E-state index < -0.39 is 0 Å². The highest BCUT2D eigenvalue weighted by Crippen LogP contribution is 2.40. The predicted molar refractivity (Wildman–Crippen MR) is 107 cm³/mol. The molecule has 0 saturated carbocycles. The van der Waals surface area contributed by atoms with E-state index in [2.05, 4.69) is 16.0 Å². The fraction of sp³-hybridized carbons (Fsp3) is 0.0870. The van der Waals surface area contributed by atoms with E-state index in [1.54, 1.807) is 0 Å². The second-order valence-electron chi connectivity index (χ2n) is 6.79. The molecule has 134 valence electrons. The number of para-hydroxylation sites is 1. The van der Waals surface area contributed by atoms with Gasteiger partial charge in [-0.2, -0.15) is 5.26 Å². The van der Waals surface area contributed by atoms with Crippen molar-refractivity contribution in [3.05, 3.63) is 71.8 Å². The maximum absolute atomic E-state index is 12.7. The minimum atomic E-state index is -0.369. The molecule has 1 aromatic heterocycles. The highest BCUT2D eigenvalue weighted by atomic mass is 16.2. The van der Waals surface area contributed by atoms with Gasteiger partial charge in [0.2, 0.25) is 0 Å². The van der Waals surface area contributed by atoms with E-state index in [1.807, 2.05) is 60.7 Å². The van der Waals surface area contributed by atoms with Crippen LogP contribution in [0.1, 0.15) is 27.1 Å². The van der Waals surface area contributed by atoms with Crippen LogP contribution in [0.2, 0.25) is 0 Å². The molecule has 0 atom stereocenters. The average molecular weight is 365 g/mol. The highest BCUT2D eigenvalue weighted by molar-refractivity contribution is 6.32. The Morgan fingerprint density at radius 3 is 2.39 bits per heavy atom. The van der Waals surface area contributed by atoms with E-state index in [-0.39, 0.29) is 11.8 Å². The number of aryl methyl sites for hydroxylation is 1. The first-order valence-corrected chi connectivity index (χ1v) is 9.06. The third-order valence-electron chi connectivity index (χ3n) is 5.27. The Labute approximate surface area is 160 Å². The van der Waals surface area contributed by atoms with Crippen molar-refractivity contribution in [2.24, 2.45) is 0 Å². The van der Waals surface area contributed by atoms with Crippen molar-refractivity contribution in [1.29, 1.82) is 5.26 Å². The Morgan fingerprint density at radius 1 is 0.893 bits per heavy atom. The number of aromatic nitrogens is 1. The lowest BCUT2D eigenvalue weighted by Crippen LogP contribution is -2.20. The highest BCUT2D eigenvalue weighted by Gasteiger charge is 2.34. The zero-order valence-corrected chi connectivity index (χ0v) is 14.9. The second kappa shape index (κ2) is 6.07. The molecule has 0 unspecified atom stereocenters. The van der Waals surface area contributed by atoms with E-state index in [4.69, 9.17) is 5.26 Å². The van der Waals surface area contributed by atoms with Crippen LogP contribution >= 0.6 is 0 Å². The number of hydrogen-bond donors (Lipinski definition) is 1. The number of carbonyl (C=O) groups excluding carboxylic acids is 2. The monoisotopic (exact) mass is 365 g/mol. The van der Waals surface area contributed by atoms with Crippen LogP contribution in [0.25, 0.3) is 32.9 Å². The van der Waals surface area contributed by atoms with E-state index in [0.29, 0.717) is 24.1 Å². The molecule has 1 aliphatic rings. The Morgan fingerprint density at radius 2 is 1.61 bits per heavy atom. The number of hydrogen-bond acceptors (Lipinski definition) is 3. The molecule has 0 radical (unpaired) electrons.